The summed E-state index contributed by atoms with van der Waals surface area (Å²) in [5.41, 5.74) is 6.21. The van der Waals surface area contributed by atoms with Gasteiger partial charge in [0.25, 0.3) is 5.91 Å². The molecular formula is C11H12N2OS2. The van der Waals surface area contributed by atoms with Gasteiger partial charge in [0.1, 0.15) is 4.88 Å². The second-order valence-corrected chi connectivity index (χ2v) is 5.24. The maximum absolute atomic E-state index is 11.7. The molecular weight excluding hydrogens is 240 g/mol. The van der Waals surface area contributed by atoms with E-state index in [1.807, 2.05) is 16.8 Å². The van der Waals surface area contributed by atoms with E-state index in [0.717, 1.165) is 6.42 Å². The summed E-state index contributed by atoms with van der Waals surface area (Å²) in [4.78, 5) is 13.6. The summed E-state index contributed by atoms with van der Waals surface area (Å²) in [6, 6.07) is 5.83. The molecule has 0 fully saturated rings. The molecule has 0 saturated carbocycles. The zero-order valence-electron chi connectivity index (χ0n) is 8.60. The van der Waals surface area contributed by atoms with E-state index >= 15 is 0 Å². The predicted molar refractivity (Wildman–Crippen MR) is 69.1 cm³/mol. The average Bonchev–Trinajstić information content (AvgIpc) is 2.88. The lowest BCUT2D eigenvalue weighted by atomic mass is 10.3. The van der Waals surface area contributed by atoms with Crippen LogP contribution in [-0.4, -0.2) is 12.5 Å². The van der Waals surface area contributed by atoms with Gasteiger partial charge < -0.3 is 11.1 Å². The number of amides is 1. The van der Waals surface area contributed by atoms with Crippen LogP contribution in [0.2, 0.25) is 0 Å². The molecule has 0 spiro atoms. The molecule has 3 N–H and O–H groups in total. The Kier molecular flexibility index (Phi) is 3.58. The van der Waals surface area contributed by atoms with Gasteiger partial charge in [0.05, 0.1) is 5.69 Å². The Hall–Kier alpha value is -1.33. The van der Waals surface area contributed by atoms with Gasteiger partial charge in [-0.05, 0) is 29.3 Å². The fourth-order valence-corrected chi connectivity index (χ4v) is 2.78. The van der Waals surface area contributed by atoms with Crippen molar-refractivity contribution in [3.05, 3.63) is 38.7 Å². The van der Waals surface area contributed by atoms with Gasteiger partial charge in [-0.15, -0.1) is 22.7 Å². The fraction of sp³-hybridized carbons (Fsp3) is 0.182. The Morgan fingerprint density at radius 3 is 2.81 bits per heavy atom. The molecule has 1 amide bonds. The van der Waals surface area contributed by atoms with E-state index in [-0.39, 0.29) is 5.91 Å². The maximum atomic E-state index is 11.7. The van der Waals surface area contributed by atoms with Crippen LogP contribution in [0, 0.1) is 0 Å². The van der Waals surface area contributed by atoms with Crippen molar-refractivity contribution in [3.63, 3.8) is 0 Å². The van der Waals surface area contributed by atoms with Crippen molar-refractivity contribution in [2.45, 2.75) is 6.42 Å². The Morgan fingerprint density at radius 2 is 2.19 bits per heavy atom. The summed E-state index contributed by atoms with van der Waals surface area (Å²) in [6.45, 7) is 0.649. The van der Waals surface area contributed by atoms with Crippen LogP contribution in [0.1, 0.15) is 14.5 Å². The molecule has 2 aromatic rings. The average molecular weight is 252 g/mol. The van der Waals surface area contributed by atoms with Gasteiger partial charge in [-0.3, -0.25) is 4.79 Å². The molecule has 2 rings (SSSR count). The summed E-state index contributed by atoms with van der Waals surface area (Å²) in [6.07, 6.45) is 0.870. The second-order valence-electron chi connectivity index (χ2n) is 3.29. The van der Waals surface area contributed by atoms with Crippen LogP contribution in [0.4, 0.5) is 5.69 Å². The molecule has 0 aliphatic carbocycles. The van der Waals surface area contributed by atoms with E-state index in [1.54, 1.807) is 17.4 Å². The minimum absolute atomic E-state index is 0.0796. The van der Waals surface area contributed by atoms with Gasteiger partial charge in [0, 0.05) is 11.4 Å². The Morgan fingerprint density at radius 1 is 1.31 bits per heavy atom. The molecule has 0 aliphatic rings. The minimum atomic E-state index is -0.0796. The fourth-order valence-electron chi connectivity index (χ4n) is 1.34. The molecule has 84 valence electrons. The molecule has 3 nitrogen and oxygen atoms in total. The first-order valence-electron chi connectivity index (χ1n) is 4.91. The molecule has 0 aliphatic heterocycles. The SMILES string of the molecule is Nc1ccsc1C(=O)NCCc1cccs1. The predicted octanol–water partition coefficient (Wildman–Crippen LogP) is 2.36. The maximum Gasteiger partial charge on any atom is 0.263 e. The van der Waals surface area contributed by atoms with Crippen molar-refractivity contribution in [2.75, 3.05) is 12.3 Å². The van der Waals surface area contributed by atoms with Crippen LogP contribution >= 0.6 is 22.7 Å². The number of anilines is 1. The zero-order chi connectivity index (χ0) is 11.4. The topological polar surface area (TPSA) is 55.1 Å². The van der Waals surface area contributed by atoms with Crippen LogP contribution < -0.4 is 11.1 Å². The molecule has 2 heterocycles. The highest BCUT2D eigenvalue weighted by atomic mass is 32.1. The first-order chi connectivity index (χ1) is 7.77. The third-order valence-corrected chi connectivity index (χ3v) is 4.00. The van der Waals surface area contributed by atoms with Crippen LogP contribution in [0.5, 0.6) is 0 Å². The molecule has 0 bridgehead atoms. The lowest BCUT2D eigenvalue weighted by molar-refractivity contribution is 0.0959. The van der Waals surface area contributed by atoms with Crippen molar-refractivity contribution >= 4 is 34.3 Å². The second kappa shape index (κ2) is 5.14. The summed E-state index contributed by atoms with van der Waals surface area (Å²) in [5.74, 6) is -0.0796. The van der Waals surface area contributed by atoms with Gasteiger partial charge in [-0.25, -0.2) is 0 Å². The lowest BCUT2D eigenvalue weighted by Crippen LogP contribution is -2.25. The Balaban J connectivity index is 1.83. The number of carbonyl (C=O) groups excluding carboxylic acids is 1. The molecule has 0 saturated heterocycles. The van der Waals surface area contributed by atoms with E-state index in [2.05, 4.69) is 11.4 Å². The van der Waals surface area contributed by atoms with Crippen LogP contribution in [0.15, 0.2) is 29.0 Å². The molecule has 0 aromatic carbocycles. The highest BCUT2D eigenvalue weighted by Gasteiger charge is 2.09. The Bertz CT molecular complexity index is 462. The van der Waals surface area contributed by atoms with Crippen molar-refractivity contribution < 1.29 is 4.79 Å². The third-order valence-electron chi connectivity index (χ3n) is 2.14. The third kappa shape index (κ3) is 2.62. The molecule has 2 aromatic heterocycles. The number of nitrogen functional groups attached to an aromatic ring is 1. The molecule has 16 heavy (non-hydrogen) atoms. The Labute approximate surface area is 102 Å². The van der Waals surface area contributed by atoms with Crippen LogP contribution in [0.3, 0.4) is 0 Å². The smallest absolute Gasteiger partial charge is 0.263 e. The van der Waals surface area contributed by atoms with E-state index in [1.165, 1.54) is 16.2 Å². The zero-order valence-corrected chi connectivity index (χ0v) is 10.2. The number of carbonyl (C=O) groups is 1. The van der Waals surface area contributed by atoms with Crippen LogP contribution in [-0.2, 0) is 6.42 Å². The number of nitrogens with two attached hydrogens (primary N) is 1. The molecule has 0 radical (unpaired) electrons. The van der Waals surface area contributed by atoms with E-state index in [0.29, 0.717) is 17.1 Å². The monoisotopic (exact) mass is 252 g/mol. The van der Waals surface area contributed by atoms with Crippen molar-refractivity contribution in [3.8, 4) is 0 Å². The van der Waals surface area contributed by atoms with E-state index in [4.69, 9.17) is 5.73 Å². The first kappa shape index (κ1) is 11.2. The van der Waals surface area contributed by atoms with Gasteiger partial charge in [0.2, 0.25) is 0 Å². The number of hydrogen-bond donors (Lipinski definition) is 2. The van der Waals surface area contributed by atoms with Gasteiger partial charge in [0.15, 0.2) is 0 Å². The summed E-state index contributed by atoms with van der Waals surface area (Å²) in [5, 5.41) is 6.72. The first-order valence-corrected chi connectivity index (χ1v) is 6.67. The van der Waals surface area contributed by atoms with Crippen LogP contribution in [0.25, 0.3) is 0 Å². The standard InChI is InChI=1S/C11H12N2OS2/c12-9-4-7-16-10(9)11(14)13-5-3-8-2-1-6-15-8/h1-2,4,6-7H,3,5,12H2,(H,13,14). The van der Waals surface area contributed by atoms with Gasteiger partial charge in [-0.2, -0.15) is 0 Å². The number of thiophene rings is 2. The highest BCUT2D eigenvalue weighted by molar-refractivity contribution is 7.12. The quantitative estimate of drug-likeness (QED) is 0.877. The highest BCUT2D eigenvalue weighted by Crippen LogP contribution is 2.18. The van der Waals surface area contributed by atoms with E-state index < -0.39 is 0 Å². The molecule has 0 unspecified atom stereocenters. The van der Waals surface area contributed by atoms with Gasteiger partial charge in [-0.1, -0.05) is 6.07 Å². The molecule has 0 atom stereocenters. The molecule has 5 heteroatoms. The lowest BCUT2D eigenvalue weighted by Gasteiger charge is -2.02. The van der Waals surface area contributed by atoms with Gasteiger partial charge >= 0.3 is 0 Å². The van der Waals surface area contributed by atoms with Crippen molar-refractivity contribution in [2.24, 2.45) is 0 Å². The van der Waals surface area contributed by atoms with E-state index in [9.17, 15) is 4.79 Å². The minimum Gasteiger partial charge on any atom is -0.397 e. The largest absolute Gasteiger partial charge is 0.397 e. The van der Waals surface area contributed by atoms with Crippen molar-refractivity contribution in [1.29, 1.82) is 0 Å². The number of nitrogens with one attached hydrogen (secondary N) is 1. The summed E-state index contributed by atoms with van der Waals surface area (Å²) >= 11 is 3.07. The number of rotatable bonds is 4. The summed E-state index contributed by atoms with van der Waals surface area (Å²) in [7, 11) is 0. The number of hydrogen-bond acceptors (Lipinski definition) is 4. The summed E-state index contributed by atoms with van der Waals surface area (Å²) < 4.78 is 0. The van der Waals surface area contributed by atoms with Crippen molar-refractivity contribution in [1.82, 2.24) is 5.32 Å². The normalized spacial score (nSPS) is 10.2.